The first kappa shape index (κ1) is 29.0. The molecule has 2 N–H and O–H groups in total. The summed E-state index contributed by atoms with van der Waals surface area (Å²) in [6, 6.07) is 3.98. The third kappa shape index (κ3) is 4.71. The predicted molar refractivity (Wildman–Crippen MR) is 141 cm³/mol. The second-order valence-corrected chi connectivity index (χ2v) is 20.1. The summed E-state index contributed by atoms with van der Waals surface area (Å²) in [4.78, 5) is 16.9. The van der Waals surface area contributed by atoms with Crippen molar-refractivity contribution in [2.75, 3.05) is 18.7 Å². The largest absolute Gasteiger partial charge is 0.414 e. The Morgan fingerprint density at radius 2 is 1.75 bits per heavy atom. The van der Waals surface area contributed by atoms with Crippen molar-refractivity contribution in [1.82, 2.24) is 9.55 Å². The van der Waals surface area contributed by atoms with Gasteiger partial charge in [-0.25, -0.2) is 4.79 Å². The van der Waals surface area contributed by atoms with Crippen LogP contribution in [0.25, 0.3) is 0 Å². The lowest BCUT2D eigenvalue weighted by Gasteiger charge is -2.52. The van der Waals surface area contributed by atoms with Crippen molar-refractivity contribution in [3.63, 3.8) is 0 Å². The van der Waals surface area contributed by atoms with Crippen LogP contribution in [-0.4, -0.2) is 57.3 Å². The molecule has 12 heteroatoms. The molecule has 0 spiro atoms. The molecule has 0 aliphatic carbocycles. The molecule has 202 valence electrons. The predicted octanol–water partition coefficient (Wildman–Crippen LogP) is 3.99. The summed E-state index contributed by atoms with van der Waals surface area (Å²) in [6.45, 7) is 18.7. The van der Waals surface area contributed by atoms with Crippen molar-refractivity contribution in [3.8, 4) is 6.07 Å². The fraction of sp³-hybridized carbons (Fsp3) is 0.792. The van der Waals surface area contributed by atoms with Crippen molar-refractivity contribution in [3.05, 3.63) is 22.7 Å². The Labute approximate surface area is 216 Å². The zero-order valence-corrected chi connectivity index (χ0v) is 24.9. The van der Waals surface area contributed by atoms with Gasteiger partial charge in [-0.1, -0.05) is 55.4 Å². The molecule has 2 saturated heterocycles. The number of nitrogens with one attached hydrogen (secondary N) is 1. The van der Waals surface area contributed by atoms with Crippen LogP contribution in [0.4, 0.5) is 5.82 Å². The lowest BCUT2D eigenvalue weighted by Crippen LogP contribution is -2.66. The van der Waals surface area contributed by atoms with Gasteiger partial charge in [0.1, 0.15) is 24.1 Å². The molecule has 36 heavy (non-hydrogen) atoms. The summed E-state index contributed by atoms with van der Waals surface area (Å²) in [5.41, 5.74) is -1.23. The summed E-state index contributed by atoms with van der Waals surface area (Å²) in [5.74, 6) is 0.241. The highest BCUT2D eigenvalue weighted by atomic mass is 28.5. The number of fused-ring (bicyclic) bond motifs is 1. The highest BCUT2D eigenvalue weighted by Crippen LogP contribution is 2.53. The van der Waals surface area contributed by atoms with Gasteiger partial charge in [-0.15, -0.1) is 0 Å². The van der Waals surface area contributed by atoms with Gasteiger partial charge in [0, 0.05) is 6.20 Å². The van der Waals surface area contributed by atoms with Crippen LogP contribution in [0, 0.1) is 16.7 Å². The number of ether oxygens (including phenoxy) is 1. The maximum Gasteiger partial charge on any atom is 0.351 e. The average Bonchev–Trinajstić information content (AvgIpc) is 3.04. The van der Waals surface area contributed by atoms with Crippen LogP contribution < -0.4 is 11.0 Å². The van der Waals surface area contributed by atoms with Crippen LogP contribution in [-0.2, 0) is 17.7 Å². The number of nitriles is 1. The van der Waals surface area contributed by atoms with E-state index >= 15 is 0 Å². The Bertz CT molecular complexity index is 1010. The highest BCUT2D eigenvalue weighted by molar-refractivity contribution is 6.84. The minimum absolute atomic E-state index is 0.0967. The quantitative estimate of drug-likeness (QED) is 0.391. The van der Waals surface area contributed by atoms with E-state index in [9.17, 15) is 10.1 Å². The van der Waals surface area contributed by atoms with E-state index in [1.54, 1.807) is 13.0 Å². The van der Waals surface area contributed by atoms with Crippen molar-refractivity contribution in [2.45, 2.75) is 103 Å². The van der Waals surface area contributed by atoms with Crippen molar-refractivity contribution in [2.24, 2.45) is 5.41 Å². The van der Waals surface area contributed by atoms with E-state index in [0.29, 0.717) is 0 Å². The van der Waals surface area contributed by atoms with E-state index in [1.165, 1.54) is 10.8 Å². The third-order valence-electron chi connectivity index (χ3n) is 7.65. The number of nitrogens with zero attached hydrogens (tertiary/aromatic N) is 3. The van der Waals surface area contributed by atoms with E-state index in [4.69, 9.17) is 22.8 Å². The zero-order valence-electron chi connectivity index (χ0n) is 22.9. The lowest BCUT2D eigenvalue weighted by molar-refractivity contribution is -0.0582. The molecule has 1 aromatic heterocycles. The first-order chi connectivity index (χ1) is 16.8. The van der Waals surface area contributed by atoms with Crippen LogP contribution in [0.2, 0.25) is 22.2 Å². The van der Waals surface area contributed by atoms with Crippen LogP contribution in [0.15, 0.2) is 17.1 Å². The number of anilines is 1. The molecule has 0 saturated carbocycles. The van der Waals surface area contributed by atoms with Gasteiger partial charge in [-0.3, -0.25) is 4.57 Å². The minimum Gasteiger partial charge on any atom is -0.414 e. The number of aliphatic hydroxyl groups excluding tert-OH is 1. The highest BCUT2D eigenvalue weighted by Gasteiger charge is 2.65. The summed E-state index contributed by atoms with van der Waals surface area (Å²) in [5, 5.41) is 22.2. The molecule has 4 atom stereocenters. The fourth-order valence-electron chi connectivity index (χ4n) is 5.60. The van der Waals surface area contributed by atoms with Crippen molar-refractivity contribution < 1.29 is 22.8 Å². The molecule has 3 rings (SSSR count). The van der Waals surface area contributed by atoms with Crippen molar-refractivity contribution in [1.29, 1.82) is 5.26 Å². The Hall–Kier alpha value is -1.60. The molecule has 1 aromatic rings. The number of rotatable bonds is 7. The van der Waals surface area contributed by atoms with Crippen LogP contribution in [0.3, 0.4) is 0 Å². The number of aromatic nitrogens is 2. The Balaban J connectivity index is 2.15. The SMILES string of the molecule is CC(C)[Si]1(C(C)C)OC[C@H]2OC(n3ccc(NCO)nc3=O)[C@](C)(C#N)[C@@H]2O[Si](C(C)C)(C(C)C)O1. The summed E-state index contributed by atoms with van der Waals surface area (Å²) in [7, 11) is -5.74. The fourth-order valence-corrected chi connectivity index (χ4v) is 16.9. The Morgan fingerprint density at radius 1 is 1.17 bits per heavy atom. The Kier molecular flexibility index (Phi) is 8.56. The summed E-state index contributed by atoms with van der Waals surface area (Å²) < 4.78 is 28.8. The molecule has 0 bridgehead atoms. The summed E-state index contributed by atoms with van der Waals surface area (Å²) >= 11 is 0. The van der Waals surface area contributed by atoms with Gasteiger partial charge in [0.05, 0.1) is 18.8 Å². The van der Waals surface area contributed by atoms with Gasteiger partial charge >= 0.3 is 22.8 Å². The van der Waals surface area contributed by atoms with E-state index in [-0.39, 0.29) is 41.3 Å². The minimum atomic E-state index is -2.97. The monoisotopic (exact) mass is 538 g/mol. The molecule has 2 fully saturated rings. The third-order valence-corrected chi connectivity index (χ3v) is 17.9. The van der Waals surface area contributed by atoms with Gasteiger partial charge in [0.15, 0.2) is 6.23 Å². The van der Waals surface area contributed by atoms with Gasteiger partial charge in [-0.2, -0.15) is 10.2 Å². The van der Waals surface area contributed by atoms with Crippen LogP contribution in [0.5, 0.6) is 0 Å². The normalized spacial score (nSPS) is 29.8. The topological polar surface area (TPSA) is 128 Å². The van der Waals surface area contributed by atoms with E-state index in [1.807, 2.05) is 0 Å². The van der Waals surface area contributed by atoms with Gasteiger partial charge < -0.3 is 28.1 Å². The molecule has 0 aromatic carbocycles. The van der Waals surface area contributed by atoms with E-state index in [0.717, 1.165) is 0 Å². The molecule has 2 aliphatic rings. The van der Waals surface area contributed by atoms with Gasteiger partial charge in [-0.05, 0) is 35.2 Å². The standard InChI is InChI=1S/C24H42N4O6Si2/c1-15(2)35(16(3)4)31-12-19-21(33-36(34-35,17(5)6)18(7)8)24(9,13-25)22(32-19)28-11-10-20(26-14-29)27-23(28)30/h10-11,15-19,21-22,29H,12,14H2,1-9H3,(H,26,27,30)/t19-,21-,22?,24-/m1/s1. The molecular weight excluding hydrogens is 496 g/mol. The number of hydrogen-bond acceptors (Lipinski definition) is 9. The molecule has 1 unspecified atom stereocenters. The van der Waals surface area contributed by atoms with Gasteiger partial charge in [0.25, 0.3) is 0 Å². The number of aliphatic hydroxyl groups is 1. The number of hydrogen-bond donors (Lipinski definition) is 2. The summed E-state index contributed by atoms with van der Waals surface area (Å²) in [6.07, 6.45) is -0.611. The molecule has 10 nitrogen and oxygen atoms in total. The van der Waals surface area contributed by atoms with Gasteiger partial charge in [0.2, 0.25) is 0 Å². The molecule has 0 amide bonds. The second-order valence-electron chi connectivity index (χ2n) is 11.3. The molecule has 0 radical (unpaired) electrons. The zero-order chi connectivity index (χ0) is 27.1. The molecule has 2 aliphatic heterocycles. The average molecular weight is 539 g/mol. The lowest BCUT2D eigenvalue weighted by atomic mass is 9.84. The molecular formula is C24H42N4O6Si2. The smallest absolute Gasteiger partial charge is 0.351 e. The molecule has 3 heterocycles. The van der Waals surface area contributed by atoms with E-state index in [2.05, 4.69) is 71.8 Å². The van der Waals surface area contributed by atoms with Crippen LogP contribution in [0.1, 0.15) is 68.5 Å². The second kappa shape index (κ2) is 10.6. The first-order valence-electron chi connectivity index (χ1n) is 12.8. The first-order valence-corrected chi connectivity index (χ1v) is 16.8. The maximum atomic E-state index is 12.9. The van der Waals surface area contributed by atoms with Crippen molar-refractivity contribution >= 4 is 22.9 Å². The maximum absolute atomic E-state index is 12.9. The Morgan fingerprint density at radius 3 is 2.22 bits per heavy atom. The van der Waals surface area contributed by atoms with E-state index < -0.39 is 46.7 Å². The van der Waals surface area contributed by atoms with Crippen LogP contribution >= 0.6 is 0 Å².